The van der Waals surface area contributed by atoms with E-state index in [0.717, 1.165) is 5.75 Å². The summed E-state index contributed by atoms with van der Waals surface area (Å²) in [7, 11) is 0. The molecule has 0 heterocycles. The van der Waals surface area contributed by atoms with E-state index in [1.807, 2.05) is 30.3 Å². The molecule has 15 heavy (non-hydrogen) atoms. The maximum Gasteiger partial charge on any atom is 0.302 e. The summed E-state index contributed by atoms with van der Waals surface area (Å²) in [6.45, 7) is 5.55. The van der Waals surface area contributed by atoms with Gasteiger partial charge < -0.3 is 9.47 Å². The van der Waals surface area contributed by atoms with Crippen LogP contribution < -0.4 is 4.74 Å². The summed E-state index contributed by atoms with van der Waals surface area (Å²) in [6.07, 6.45) is 0.390. The van der Waals surface area contributed by atoms with Crippen LogP contribution in [0.4, 0.5) is 0 Å². The molecule has 1 rings (SSSR count). The van der Waals surface area contributed by atoms with Crippen molar-refractivity contribution in [2.24, 2.45) is 0 Å². The van der Waals surface area contributed by atoms with E-state index in [4.69, 9.17) is 9.47 Å². The fourth-order valence-electron chi connectivity index (χ4n) is 1.08. The molecule has 1 unspecified atom stereocenters. The first-order valence-electron chi connectivity index (χ1n) is 4.86. The molecule has 1 radical (unpaired) electrons. The second kappa shape index (κ2) is 6.06. The van der Waals surface area contributed by atoms with Crippen molar-refractivity contribution in [2.45, 2.75) is 19.4 Å². The van der Waals surface area contributed by atoms with Crippen molar-refractivity contribution in [1.29, 1.82) is 0 Å². The molecule has 1 aromatic rings. The van der Waals surface area contributed by atoms with Gasteiger partial charge in [0.15, 0.2) is 0 Å². The van der Waals surface area contributed by atoms with E-state index in [9.17, 15) is 4.79 Å². The predicted octanol–water partition coefficient (Wildman–Crippen LogP) is 2.22. The fraction of sp³-hybridized carbons (Fsp3) is 0.333. The molecule has 0 saturated carbocycles. The molecule has 3 nitrogen and oxygen atoms in total. The average molecular weight is 207 g/mol. The van der Waals surface area contributed by atoms with E-state index >= 15 is 0 Å². The molecule has 0 aliphatic heterocycles. The molecule has 0 spiro atoms. The molecular formula is C12H15O3. The maximum atomic E-state index is 10.5. The highest BCUT2D eigenvalue weighted by molar-refractivity contribution is 5.65. The number of hydrogen-bond acceptors (Lipinski definition) is 3. The zero-order valence-electron chi connectivity index (χ0n) is 8.81. The van der Waals surface area contributed by atoms with Gasteiger partial charge in [0, 0.05) is 13.3 Å². The Morgan fingerprint density at radius 1 is 1.40 bits per heavy atom. The first kappa shape index (κ1) is 11.6. The van der Waals surface area contributed by atoms with Gasteiger partial charge in [0.05, 0.1) is 6.61 Å². The first-order valence-corrected chi connectivity index (χ1v) is 4.86. The summed E-state index contributed by atoms with van der Waals surface area (Å²) in [5, 5.41) is 0. The second-order valence-corrected chi connectivity index (χ2v) is 3.18. The quantitative estimate of drug-likeness (QED) is 0.694. The topological polar surface area (TPSA) is 35.5 Å². The highest BCUT2D eigenvalue weighted by Gasteiger charge is 2.04. The lowest BCUT2D eigenvalue weighted by Gasteiger charge is -2.13. The number of esters is 1. The minimum Gasteiger partial charge on any atom is -0.490 e. The molecule has 1 atom stereocenters. The molecule has 0 saturated heterocycles. The number of carbonyl (C=O) groups is 1. The van der Waals surface area contributed by atoms with Gasteiger partial charge in [0.25, 0.3) is 0 Å². The van der Waals surface area contributed by atoms with Gasteiger partial charge in [0.2, 0.25) is 0 Å². The van der Waals surface area contributed by atoms with Crippen molar-refractivity contribution < 1.29 is 14.3 Å². The third-order valence-electron chi connectivity index (χ3n) is 1.79. The summed E-state index contributed by atoms with van der Waals surface area (Å²) in [4.78, 5) is 10.5. The van der Waals surface area contributed by atoms with Gasteiger partial charge in [-0.3, -0.25) is 4.79 Å². The molecule has 0 amide bonds. The molecule has 81 valence electrons. The first-order chi connectivity index (χ1) is 7.18. The standard InChI is InChI=1S/C12H15O3/c1-10(8-9-14-11(2)13)15-12-6-4-3-5-7-12/h3-7,10H,1,8-9H2,2H3. The molecule has 3 heteroatoms. The van der Waals surface area contributed by atoms with Crippen LogP contribution in [-0.4, -0.2) is 18.7 Å². The largest absolute Gasteiger partial charge is 0.490 e. The van der Waals surface area contributed by atoms with E-state index in [2.05, 4.69) is 6.92 Å². The Bertz CT molecular complexity index is 295. The Morgan fingerprint density at radius 2 is 2.07 bits per heavy atom. The minimum absolute atomic E-state index is 0.202. The van der Waals surface area contributed by atoms with Gasteiger partial charge in [-0.1, -0.05) is 18.2 Å². The molecular weight excluding hydrogens is 192 g/mol. The van der Waals surface area contributed by atoms with Crippen molar-refractivity contribution in [3.05, 3.63) is 37.3 Å². The van der Waals surface area contributed by atoms with Gasteiger partial charge >= 0.3 is 5.97 Å². The predicted molar refractivity (Wildman–Crippen MR) is 57.5 cm³/mol. The van der Waals surface area contributed by atoms with Crippen LogP contribution in [0, 0.1) is 6.92 Å². The van der Waals surface area contributed by atoms with Gasteiger partial charge in [0.1, 0.15) is 11.9 Å². The van der Waals surface area contributed by atoms with E-state index in [-0.39, 0.29) is 12.1 Å². The molecule has 0 aromatic heterocycles. The van der Waals surface area contributed by atoms with Crippen LogP contribution in [0.1, 0.15) is 13.3 Å². The monoisotopic (exact) mass is 207 g/mol. The highest BCUT2D eigenvalue weighted by Crippen LogP contribution is 2.11. The van der Waals surface area contributed by atoms with Crippen molar-refractivity contribution in [2.75, 3.05) is 6.61 Å². The van der Waals surface area contributed by atoms with Crippen LogP contribution in [0.25, 0.3) is 0 Å². The minimum atomic E-state index is -0.276. The Hall–Kier alpha value is -1.51. The third kappa shape index (κ3) is 5.05. The molecule has 0 fully saturated rings. The Kier molecular flexibility index (Phi) is 4.68. The van der Waals surface area contributed by atoms with E-state index < -0.39 is 0 Å². The van der Waals surface area contributed by atoms with Crippen molar-refractivity contribution in [3.8, 4) is 5.75 Å². The summed E-state index contributed by atoms with van der Waals surface area (Å²) in [6, 6.07) is 9.44. The number of rotatable bonds is 5. The number of ether oxygens (including phenoxy) is 2. The van der Waals surface area contributed by atoms with Gasteiger partial charge in [-0.05, 0) is 19.1 Å². The lowest BCUT2D eigenvalue weighted by Crippen LogP contribution is -2.16. The number of para-hydroxylation sites is 1. The molecule has 0 N–H and O–H groups in total. The highest BCUT2D eigenvalue weighted by atomic mass is 16.5. The van der Waals surface area contributed by atoms with Crippen LogP contribution in [0.3, 0.4) is 0 Å². The van der Waals surface area contributed by atoms with Gasteiger partial charge in [-0.2, -0.15) is 0 Å². The van der Waals surface area contributed by atoms with Gasteiger partial charge in [-0.25, -0.2) is 0 Å². The van der Waals surface area contributed by atoms with Crippen LogP contribution in [0.2, 0.25) is 0 Å². The Morgan fingerprint density at radius 3 is 2.67 bits per heavy atom. The normalized spacial score (nSPS) is 11.9. The molecule has 0 aliphatic rings. The summed E-state index contributed by atoms with van der Waals surface area (Å²) in [5.74, 6) is 0.502. The Labute approximate surface area is 90.0 Å². The lowest BCUT2D eigenvalue weighted by atomic mass is 10.3. The van der Waals surface area contributed by atoms with Gasteiger partial charge in [-0.15, -0.1) is 0 Å². The van der Waals surface area contributed by atoms with E-state index in [0.29, 0.717) is 13.0 Å². The summed E-state index contributed by atoms with van der Waals surface area (Å²) >= 11 is 0. The lowest BCUT2D eigenvalue weighted by molar-refractivity contribution is -0.141. The van der Waals surface area contributed by atoms with E-state index in [1.165, 1.54) is 6.92 Å². The Balaban J connectivity index is 2.24. The zero-order chi connectivity index (χ0) is 11.1. The SMILES string of the molecule is [CH2]C(CCOC(C)=O)Oc1ccccc1. The van der Waals surface area contributed by atoms with Crippen LogP contribution in [0.15, 0.2) is 30.3 Å². The number of benzene rings is 1. The van der Waals surface area contributed by atoms with E-state index in [1.54, 1.807) is 0 Å². The summed E-state index contributed by atoms with van der Waals surface area (Å²) in [5.41, 5.74) is 0. The maximum absolute atomic E-state index is 10.5. The van der Waals surface area contributed by atoms with Crippen LogP contribution >= 0.6 is 0 Å². The number of hydrogen-bond donors (Lipinski definition) is 0. The molecule has 0 bridgehead atoms. The zero-order valence-corrected chi connectivity index (χ0v) is 8.81. The third-order valence-corrected chi connectivity index (χ3v) is 1.79. The van der Waals surface area contributed by atoms with Crippen molar-refractivity contribution >= 4 is 5.97 Å². The number of carbonyl (C=O) groups excluding carboxylic acids is 1. The van der Waals surface area contributed by atoms with Crippen LogP contribution in [0.5, 0.6) is 5.75 Å². The fourth-order valence-corrected chi connectivity index (χ4v) is 1.08. The molecule has 1 aromatic carbocycles. The average Bonchev–Trinajstić information content (AvgIpc) is 2.18. The second-order valence-electron chi connectivity index (χ2n) is 3.18. The van der Waals surface area contributed by atoms with Crippen molar-refractivity contribution in [3.63, 3.8) is 0 Å². The van der Waals surface area contributed by atoms with Crippen LogP contribution in [-0.2, 0) is 9.53 Å². The van der Waals surface area contributed by atoms with Crippen molar-refractivity contribution in [1.82, 2.24) is 0 Å². The molecule has 0 aliphatic carbocycles. The smallest absolute Gasteiger partial charge is 0.302 e. The summed E-state index contributed by atoms with van der Waals surface area (Å²) < 4.78 is 10.3.